The van der Waals surface area contributed by atoms with Crippen molar-refractivity contribution < 1.29 is 0 Å². The summed E-state index contributed by atoms with van der Waals surface area (Å²) in [7, 11) is -4.25. The van der Waals surface area contributed by atoms with Crippen molar-refractivity contribution in [1.82, 2.24) is 0 Å². The SMILES string of the molecule is CC(C)(C)P(Cl)(=N[Si](C)(C)C)C([Si](C)(C)C)[Si](C)(C)C. The van der Waals surface area contributed by atoms with Crippen LogP contribution in [0.5, 0.6) is 0 Å². The molecule has 0 bridgehead atoms. The van der Waals surface area contributed by atoms with E-state index in [4.69, 9.17) is 15.7 Å². The third-order valence-electron chi connectivity index (χ3n) is 3.37. The molecule has 1 nitrogen and oxygen atoms in total. The van der Waals surface area contributed by atoms with Gasteiger partial charge in [-0.1, -0.05) is 90.9 Å². The zero-order valence-electron chi connectivity index (χ0n) is 15.8. The van der Waals surface area contributed by atoms with Crippen molar-refractivity contribution in [2.45, 2.75) is 89.8 Å². The van der Waals surface area contributed by atoms with Gasteiger partial charge >= 0.3 is 0 Å². The predicted octanol–water partition coefficient (Wildman–Crippen LogP) is 7.10. The van der Waals surface area contributed by atoms with Crippen molar-refractivity contribution in [3.63, 3.8) is 0 Å². The smallest absolute Gasteiger partial charge is 0.172 e. The van der Waals surface area contributed by atoms with E-state index >= 15 is 0 Å². The van der Waals surface area contributed by atoms with Gasteiger partial charge in [-0.2, -0.15) is 0 Å². The number of hydrogen-bond donors (Lipinski definition) is 0. The maximum atomic E-state index is 7.48. The summed E-state index contributed by atoms with van der Waals surface area (Å²) in [5, 5.41) is 0.111. The highest BCUT2D eigenvalue weighted by atomic mass is 35.7. The molecule has 0 spiro atoms. The summed E-state index contributed by atoms with van der Waals surface area (Å²) in [5.41, 5.74) is 0. The molecule has 0 saturated carbocycles. The van der Waals surface area contributed by atoms with E-state index in [0.717, 1.165) is 0 Å². The third kappa shape index (κ3) is 5.42. The molecule has 0 aromatic heterocycles. The van der Waals surface area contributed by atoms with Gasteiger partial charge < -0.3 is 4.41 Å². The molecule has 6 heteroatoms. The minimum absolute atomic E-state index is 0.111. The van der Waals surface area contributed by atoms with E-state index in [1.165, 1.54) is 0 Å². The van der Waals surface area contributed by atoms with Gasteiger partial charge in [0.05, 0.1) is 16.1 Å². The van der Waals surface area contributed by atoms with Crippen molar-refractivity contribution in [1.29, 1.82) is 0 Å². The molecule has 0 aliphatic rings. The third-order valence-corrected chi connectivity index (χ3v) is 28.6. The Labute approximate surface area is 136 Å². The van der Waals surface area contributed by atoms with Crippen LogP contribution in [0.15, 0.2) is 4.41 Å². The van der Waals surface area contributed by atoms with Crippen LogP contribution in [0.2, 0.25) is 58.9 Å². The van der Waals surface area contributed by atoms with Crippen LogP contribution in [-0.4, -0.2) is 34.4 Å². The van der Waals surface area contributed by atoms with Crippen LogP contribution in [0.3, 0.4) is 0 Å². The molecule has 0 aliphatic heterocycles. The van der Waals surface area contributed by atoms with Crippen LogP contribution in [0, 0.1) is 0 Å². The number of hydrogen-bond acceptors (Lipinski definition) is 1. The Bertz CT molecular complexity index is 381. The molecule has 0 heterocycles. The Balaban J connectivity index is 6.48. The molecule has 0 amide bonds. The van der Waals surface area contributed by atoms with Gasteiger partial charge in [-0.3, -0.25) is 0 Å². The summed E-state index contributed by atoms with van der Waals surface area (Å²) in [6, 6.07) is 0. The molecule has 20 heavy (non-hydrogen) atoms. The van der Waals surface area contributed by atoms with Crippen molar-refractivity contribution >= 4 is 42.0 Å². The first-order chi connectivity index (χ1) is 8.32. The van der Waals surface area contributed by atoms with Crippen molar-refractivity contribution in [2.75, 3.05) is 0 Å². The minimum Gasteiger partial charge on any atom is -0.323 e. The molecule has 0 saturated heterocycles. The molecule has 0 aromatic carbocycles. The molecular formula is C14H37ClNPSi3. The van der Waals surface area contributed by atoms with Crippen molar-refractivity contribution in [2.24, 2.45) is 4.41 Å². The average molecular weight is 370 g/mol. The Morgan fingerprint density at radius 1 is 0.800 bits per heavy atom. The highest BCUT2D eigenvalue weighted by molar-refractivity contribution is 7.96. The lowest BCUT2D eigenvalue weighted by Gasteiger charge is -2.50. The van der Waals surface area contributed by atoms with Gasteiger partial charge in [-0.15, -0.1) is 0 Å². The normalized spacial score (nSPS) is 18.1. The summed E-state index contributed by atoms with van der Waals surface area (Å²) in [6.45, 7) is 29.0. The van der Waals surface area contributed by atoms with Gasteiger partial charge in [0.25, 0.3) is 0 Å². The first-order valence-corrected chi connectivity index (χ1v) is 21.0. The lowest BCUT2D eigenvalue weighted by molar-refractivity contribution is 0.783. The van der Waals surface area contributed by atoms with Crippen LogP contribution in [-0.2, 0) is 0 Å². The lowest BCUT2D eigenvalue weighted by atomic mass is 10.3. The fourth-order valence-corrected chi connectivity index (χ4v) is 38.6. The molecule has 1 unspecified atom stereocenters. The topological polar surface area (TPSA) is 12.4 Å². The molecule has 122 valence electrons. The highest BCUT2D eigenvalue weighted by Gasteiger charge is 2.51. The fraction of sp³-hybridized carbons (Fsp3) is 1.00. The Hall–Kier alpha value is 1.17. The molecular weight excluding hydrogens is 333 g/mol. The quantitative estimate of drug-likeness (QED) is 0.370. The Morgan fingerprint density at radius 2 is 1.10 bits per heavy atom. The molecule has 0 rings (SSSR count). The fourth-order valence-electron chi connectivity index (χ4n) is 3.36. The monoisotopic (exact) mass is 369 g/mol. The van der Waals surface area contributed by atoms with Crippen LogP contribution < -0.4 is 0 Å². The maximum absolute atomic E-state index is 7.48. The molecule has 1 atom stereocenters. The summed E-state index contributed by atoms with van der Waals surface area (Å²) < 4.78 is 5.43. The zero-order chi connectivity index (χ0) is 16.8. The lowest BCUT2D eigenvalue weighted by Crippen LogP contribution is -2.55. The first-order valence-electron chi connectivity index (χ1n) is 7.65. The van der Waals surface area contributed by atoms with E-state index in [2.05, 4.69) is 79.7 Å². The Morgan fingerprint density at radius 3 is 1.25 bits per heavy atom. The Kier molecular flexibility index (Phi) is 6.34. The summed E-state index contributed by atoms with van der Waals surface area (Å²) in [4.78, 5) is 0.691. The van der Waals surface area contributed by atoms with Gasteiger partial charge in [0.1, 0.15) is 0 Å². The zero-order valence-corrected chi connectivity index (χ0v) is 20.5. The standard InChI is InChI=1S/C14H37ClNPSi3/c1-14(2,3)17(15,16-20(10,11)12)13(18(4,5)6)19(7,8)9/h13H,1-12H3. The van der Waals surface area contributed by atoms with Crippen LogP contribution in [0.25, 0.3) is 0 Å². The molecule has 0 N–H and O–H groups in total. The van der Waals surface area contributed by atoms with E-state index in [0.29, 0.717) is 4.91 Å². The summed E-state index contributed by atoms with van der Waals surface area (Å²) >= 11 is 7.48. The second kappa shape index (κ2) is 5.99. The second-order valence-corrected chi connectivity index (χ2v) is 32.1. The number of rotatable bonds is 4. The van der Waals surface area contributed by atoms with Gasteiger partial charge in [-0.25, -0.2) is 0 Å². The van der Waals surface area contributed by atoms with E-state index in [1.807, 2.05) is 0 Å². The highest BCUT2D eigenvalue weighted by Crippen LogP contribution is 2.72. The maximum Gasteiger partial charge on any atom is 0.172 e. The summed E-state index contributed by atoms with van der Waals surface area (Å²) in [6.07, 6.45) is -1.85. The predicted molar refractivity (Wildman–Crippen MR) is 109 cm³/mol. The second-order valence-electron chi connectivity index (χ2n) is 10.2. The average Bonchev–Trinajstić information content (AvgIpc) is 1.89. The van der Waals surface area contributed by atoms with E-state index in [9.17, 15) is 0 Å². The van der Waals surface area contributed by atoms with Crippen LogP contribution >= 0.6 is 17.6 Å². The molecule has 0 aliphatic carbocycles. The van der Waals surface area contributed by atoms with Gasteiger partial charge in [-0.05, 0) is 4.91 Å². The van der Waals surface area contributed by atoms with E-state index in [1.54, 1.807) is 0 Å². The largest absolute Gasteiger partial charge is 0.323 e. The molecule has 0 aromatic rings. The van der Waals surface area contributed by atoms with E-state index < -0.39 is 30.8 Å². The minimum atomic E-state index is -1.85. The first kappa shape index (κ1) is 21.2. The van der Waals surface area contributed by atoms with Gasteiger partial charge in [0.2, 0.25) is 0 Å². The summed E-state index contributed by atoms with van der Waals surface area (Å²) in [5.74, 6) is 0. The number of halogens is 1. The number of nitrogens with zero attached hydrogens (tertiary/aromatic N) is 1. The van der Waals surface area contributed by atoms with E-state index in [-0.39, 0.29) is 5.16 Å². The molecule has 0 radical (unpaired) electrons. The molecule has 0 fully saturated rings. The van der Waals surface area contributed by atoms with Crippen molar-refractivity contribution in [3.05, 3.63) is 0 Å². The van der Waals surface area contributed by atoms with Crippen molar-refractivity contribution in [3.8, 4) is 0 Å². The van der Waals surface area contributed by atoms with Gasteiger partial charge in [0, 0.05) is 11.6 Å². The van der Waals surface area contributed by atoms with Crippen LogP contribution in [0.4, 0.5) is 0 Å². The van der Waals surface area contributed by atoms with Gasteiger partial charge in [0.15, 0.2) is 8.24 Å². The van der Waals surface area contributed by atoms with Crippen LogP contribution in [0.1, 0.15) is 20.8 Å².